The van der Waals surface area contributed by atoms with Crippen LogP contribution in [0.25, 0.3) is 16.7 Å². The first-order valence-corrected chi connectivity index (χ1v) is 11.1. The Morgan fingerprint density at radius 2 is 1.16 bits per heavy atom. The van der Waals surface area contributed by atoms with Crippen LogP contribution in [-0.4, -0.2) is 11.6 Å². The van der Waals surface area contributed by atoms with Gasteiger partial charge in [-0.2, -0.15) is 0 Å². The van der Waals surface area contributed by atoms with Crippen LogP contribution in [0.15, 0.2) is 108 Å². The first-order valence-electron chi connectivity index (χ1n) is 10.3. The van der Waals surface area contributed by atoms with Crippen molar-refractivity contribution in [2.75, 3.05) is 0 Å². The predicted molar refractivity (Wildman–Crippen MR) is 133 cm³/mol. The fourth-order valence-corrected chi connectivity index (χ4v) is 4.93. The van der Waals surface area contributed by atoms with Gasteiger partial charge in [-0.3, -0.25) is 4.79 Å². The summed E-state index contributed by atoms with van der Waals surface area (Å²) in [4.78, 5) is 15.5. The van der Waals surface area contributed by atoms with Crippen molar-refractivity contribution in [3.05, 3.63) is 130 Å². The molecule has 0 heterocycles. The van der Waals surface area contributed by atoms with Gasteiger partial charge in [0.15, 0.2) is 0 Å². The molecule has 0 spiro atoms. The van der Waals surface area contributed by atoms with E-state index in [4.69, 9.17) is 5.73 Å². The molecule has 1 aliphatic carbocycles. The van der Waals surface area contributed by atoms with Gasteiger partial charge in [-0.15, -0.1) is 0 Å². The maximum atomic E-state index is 12.0. The van der Waals surface area contributed by atoms with Crippen molar-refractivity contribution < 1.29 is 9.79 Å². The number of primary amides is 1. The zero-order chi connectivity index (χ0) is 22.1. The Balaban J connectivity index is 1.81. The fourth-order valence-electron chi connectivity index (χ4n) is 4.18. The highest BCUT2D eigenvalue weighted by atomic mass is 79.9. The van der Waals surface area contributed by atoms with Crippen LogP contribution in [0.4, 0.5) is 5.69 Å². The standard InChI is InChI=1S/C28H19BrN2O/c29-26(25-21-14-6-4-12-19(21)20-13-5-7-15-22(20)25)27(18-10-2-1-3-11-18)31-24-17-9-8-16-23(24)28(30)32/h1-17H,(H2,30,32)/p+1. The number of carbonyl (C=O) groups excluding carboxylic acids is 1. The van der Waals surface area contributed by atoms with Crippen LogP contribution in [0, 0.1) is 0 Å². The van der Waals surface area contributed by atoms with E-state index in [-0.39, 0.29) is 0 Å². The number of hydrogen-bond acceptors (Lipinski definition) is 1. The number of nitrogens with two attached hydrogens (primary N) is 1. The first-order chi connectivity index (χ1) is 15.6. The number of benzene rings is 4. The van der Waals surface area contributed by atoms with Crippen LogP contribution in [0.2, 0.25) is 0 Å². The lowest BCUT2D eigenvalue weighted by atomic mass is 9.99. The number of allylic oxidation sites excluding steroid dienone is 1. The van der Waals surface area contributed by atoms with Crippen molar-refractivity contribution in [1.82, 2.24) is 0 Å². The second kappa shape index (κ2) is 8.40. The number of carbonyl (C=O) groups is 1. The number of rotatable bonds is 4. The monoisotopic (exact) mass is 479 g/mol. The van der Waals surface area contributed by atoms with Crippen LogP contribution in [0.5, 0.6) is 0 Å². The SMILES string of the molecule is NC(=O)c1ccccc1[NH+]=C(C(Br)=C1c2ccccc2-c2ccccc21)c1ccccc1. The summed E-state index contributed by atoms with van der Waals surface area (Å²) in [7, 11) is 0. The van der Waals surface area contributed by atoms with Gasteiger partial charge in [-0.05, 0) is 56.4 Å². The van der Waals surface area contributed by atoms with Gasteiger partial charge in [0.25, 0.3) is 5.91 Å². The third-order valence-corrected chi connectivity index (χ3v) is 6.43. The lowest BCUT2D eigenvalue weighted by molar-refractivity contribution is -0.352. The number of para-hydroxylation sites is 1. The number of fused-ring (bicyclic) bond motifs is 3. The van der Waals surface area contributed by atoms with E-state index >= 15 is 0 Å². The van der Waals surface area contributed by atoms with Crippen molar-refractivity contribution in [3.8, 4) is 11.1 Å². The molecule has 1 amide bonds. The number of amides is 1. The van der Waals surface area contributed by atoms with Crippen LogP contribution in [-0.2, 0) is 0 Å². The molecule has 0 unspecified atom stereocenters. The summed E-state index contributed by atoms with van der Waals surface area (Å²) in [6.07, 6.45) is 0. The van der Waals surface area contributed by atoms with Gasteiger partial charge in [0.05, 0.1) is 4.48 Å². The van der Waals surface area contributed by atoms with E-state index in [9.17, 15) is 4.79 Å². The molecule has 0 aromatic heterocycles. The molecule has 4 aromatic carbocycles. The van der Waals surface area contributed by atoms with Gasteiger partial charge in [0.1, 0.15) is 5.56 Å². The van der Waals surface area contributed by atoms with Crippen molar-refractivity contribution in [2.45, 2.75) is 0 Å². The van der Waals surface area contributed by atoms with Crippen molar-refractivity contribution in [3.63, 3.8) is 0 Å². The summed E-state index contributed by atoms with van der Waals surface area (Å²) in [5.74, 6) is -0.471. The minimum Gasteiger partial charge on any atom is -0.365 e. The van der Waals surface area contributed by atoms with Crippen LogP contribution in [0.1, 0.15) is 27.0 Å². The van der Waals surface area contributed by atoms with Gasteiger partial charge in [-0.25, -0.2) is 4.99 Å². The second-order valence-electron chi connectivity index (χ2n) is 7.56. The van der Waals surface area contributed by atoms with Gasteiger partial charge in [0, 0.05) is 17.2 Å². The van der Waals surface area contributed by atoms with Crippen LogP contribution < -0.4 is 10.7 Å². The lowest BCUT2D eigenvalue weighted by Gasteiger charge is -2.08. The zero-order valence-corrected chi connectivity index (χ0v) is 18.8. The fraction of sp³-hybridized carbons (Fsp3) is 0. The van der Waals surface area contributed by atoms with E-state index in [0.29, 0.717) is 11.3 Å². The molecule has 0 fully saturated rings. The number of nitrogens with one attached hydrogen (secondary N) is 1. The minimum absolute atomic E-state index is 0.443. The van der Waals surface area contributed by atoms with E-state index in [1.165, 1.54) is 22.3 Å². The highest BCUT2D eigenvalue weighted by Crippen LogP contribution is 2.46. The molecular weight excluding hydrogens is 460 g/mol. The molecule has 5 rings (SSSR count). The molecule has 3 nitrogen and oxygen atoms in total. The summed E-state index contributed by atoms with van der Waals surface area (Å²) in [5, 5.41) is 0. The Labute approximate surface area is 195 Å². The predicted octanol–water partition coefficient (Wildman–Crippen LogP) is 4.82. The number of halogens is 1. The summed E-state index contributed by atoms with van der Waals surface area (Å²) in [6.45, 7) is 0. The molecule has 0 saturated carbocycles. The molecule has 0 atom stereocenters. The molecule has 3 N–H and O–H groups in total. The summed E-state index contributed by atoms with van der Waals surface area (Å²) >= 11 is 3.93. The third-order valence-electron chi connectivity index (χ3n) is 5.64. The lowest BCUT2D eigenvalue weighted by Crippen LogP contribution is -2.67. The van der Waals surface area contributed by atoms with E-state index < -0.39 is 5.91 Å². The Bertz CT molecular complexity index is 1360. The number of hydrogen-bond donors (Lipinski definition) is 2. The molecule has 1 aliphatic rings. The Morgan fingerprint density at radius 1 is 0.656 bits per heavy atom. The van der Waals surface area contributed by atoms with Crippen LogP contribution in [0.3, 0.4) is 0 Å². The average molecular weight is 480 g/mol. The first kappa shape index (κ1) is 20.2. The smallest absolute Gasteiger partial charge is 0.255 e. The molecule has 0 saturated heterocycles. The van der Waals surface area contributed by atoms with Gasteiger partial charge >= 0.3 is 0 Å². The van der Waals surface area contributed by atoms with Crippen molar-refractivity contribution >= 4 is 38.8 Å². The molecule has 4 heteroatoms. The van der Waals surface area contributed by atoms with Gasteiger partial charge < -0.3 is 5.73 Å². The molecular formula is C28H20BrN2O+. The second-order valence-corrected chi connectivity index (χ2v) is 8.35. The molecule has 154 valence electrons. The van der Waals surface area contributed by atoms with E-state index in [1.54, 1.807) is 6.07 Å². The Morgan fingerprint density at radius 3 is 1.75 bits per heavy atom. The summed E-state index contributed by atoms with van der Waals surface area (Å²) in [6, 6.07) is 34.2. The highest BCUT2D eigenvalue weighted by molar-refractivity contribution is 9.12. The average Bonchev–Trinajstić information content (AvgIpc) is 3.17. The largest absolute Gasteiger partial charge is 0.365 e. The minimum atomic E-state index is -0.471. The highest BCUT2D eigenvalue weighted by Gasteiger charge is 2.29. The summed E-state index contributed by atoms with van der Waals surface area (Å²) < 4.78 is 0.917. The molecule has 4 aromatic rings. The Kier molecular flexibility index (Phi) is 5.29. The van der Waals surface area contributed by atoms with Crippen LogP contribution >= 0.6 is 15.9 Å². The van der Waals surface area contributed by atoms with Gasteiger partial charge in [0.2, 0.25) is 11.4 Å². The molecule has 0 bridgehead atoms. The maximum absolute atomic E-state index is 12.0. The molecule has 0 aliphatic heterocycles. The molecule has 32 heavy (non-hydrogen) atoms. The van der Waals surface area contributed by atoms with Crippen molar-refractivity contribution in [2.24, 2.45) is 5.73 Å². The summed E-state index contributed by atoms with van der Waals surface area (Å²) in [5.41, 5.74) is 14.5. The normalized spacial score (nSPS) is 12.3. The van der Waals surface area contributed by atoms with E-state index in [1.807, 2.05) is 48.5 Å². The van der Waals surface area contributed by atoms with E-state index in [0.717, 1.165) is 21.3 Å². The topological polar surface area (TPSA) is 57.1 Å². The zero-order valence-electron chi connectivity index (χ0n) is 17.2. The van der Waals surface area contributed by atoms with Gasteiger partial charge in [-0.1, -0.05) is 78.9 Å². The quantitative estimate of drug-likeness (QED) is 0.356. The Hall–Kier alpha value is -3.76. The van der Waals surface area contributed by atoms with Crippen molar-refractivity contribution in [1.29, 1.82) is 0 Å². The third kappa shape index (κ3) is 3.49. The maximum Gasteiger partial charge on any atom is 0.255 e. The van der Waals surface area contributed by atoms with E-state index in [2.05, 4.69) is 69.5 Å². The molecule has 0 radical (unpaired) electrons.